The smallest absolute Gasteiger partial charge is 0.325 e. The molecule has 2 amide bonds. The fraction of sp³-hybridized carbons (Fsp3) is 0.429. The molecule has 0 saturated carbocycles. The van der Waals surface area contributed by atoms with E-state index in [-0.39, 0.29) is 12.4 Å². The average Bonchev–Trinajstić information content (AvgIpc) is 2.44. The Morgan fingerprint density at radius 2 is 1.96 bits per heavy atom. The molecule has 126 valence electrons. The summed E-state index contributed by atoms with van der Waals surface area (Å²) >= 11 is 5.66. The molecule has 0 bridgehead atoms. The third-order valence-electron chi connectivity index (χ3n) is 2.37. The molecule has 4 N–H and O–H groups in total. The van der Waals surface area contributed by atoms with Gasteiger partial charge < -0.3 is 21.1 Å². The SMILES string of the molecule is CC(C)(C)OC(=O)[C@@H](N)CNC(=O)C(=O)Nc1ccc(Cl)cn1. The van der Waals surface area contributed by atoms with E-state index in [9.17, 15) is 14.4 Å². The van der Waals surface area contributed by atoms with Gasteiger partial charge in [-0.2, -0.15) is 0 Å². The van der Waals surface area contributed by atoms with Gasteiger partial charge in [-0.05, 0) is 32.9 Å². The van der Waals surface area contributed by atoms with Crippen LogP contribution in [0.25, 0.3) is 0 Å². The lowest BCUT2D eigenvalue weighted by molar-refractivity contribution is -0.156. The van der Waals surface area contributed by atoms with Gasteiger partial charge in [-0.1, -0.05) is 11.6 Å². The normalized spacial score (nSPS) is 12.2. The number of nitrogens with zero attached hydrogens (tertiary/aromatic N) is 1. The van der Waals surface area contributed by atoms with Crippen LogP contribution in [0.4, 0.5) is 5.82 Å². The monoisotopic (exact) mass is 342 g/mol. The van der Waals surface area contributed by atoms with Gasteiger partial charge >= 0.3 is 17.8 Å². The van der Waals surface area contributed by atoms with Crippen molar-refractivity contribution in [3.63, 3.8) is 0 Å². The van der Waals surface area contributed by atoms with Crippen LogP contribution in [-0.2, 0) is 19.1 Å². The van der Waals surface area contributed by atoms with Crippen LogP contribution in [-0.4, -0.2) is 41.0 Å². The van der Waals surface area contributed by atoms with Crippen LogP contribution in [0.5, 0.6) is 0 Å². The Bertz CT molecular complexity index is 583. The number of aromatic nitrogens is 1. The highest BCUT2D eigenvalue weighted by molar-refractivity contribution is 6.39. The lowest BCUT2D eigenvalue weighted by Crippen LogP contribution is -2.47. The van der Waals surface area contributed by atoms with Crippen molar-refractivity contribution in [2.75, 3.05) is 11.9 Å². The van der Waals surface area contributed by atoms with Crippen molar-refractivity contribution in [2.45, 2.75) is 32.4 Å². The van der Waals surface area contributed by atoms with Crippen LogP contribution in [0.3, 0.4) is 0 Å². The van der Waals surface area contributed by atoms with Gasteiger partial charge in [0.2, 0.25) is 0 Å². The molecular formula is C14H19ClN4O4. The number of nitrogens with two attached hydrogens (primary N) is 1. The van der Waals surface area contributed by atoms with Crippen molar-refractivity contribution in [3.05, 3.63) is 23.4 Å². The first-order valence-electron chi connectivity index (χ1n) is 6.77. The minimum absolute atomic E-state index is 0.172. The molecule has 0 fully saturated rings. The maximum absolute atomic E-state index is 11.7. The predicted molar refractivity (Wildman–Crippen MR) is 84.7 cm³/mol. The number of halogens is 1. The average molecular weight is 343 g/mol. The second-order valence-corrected chi connectivity index (χ2v) is 6.10. The highest BCUT2D eigenvalue weighted by Gasteiger charge is 2.23. The number of carbonyl (C=O) groups is 3. The van der Waals surface area contributed by atoms with Crippen LogP contribution in [0, 0.1) is 0 Å². The molecule has 1 rings (SSSR count). The molecule has 8 nitrogen and oxygen atoms in total. The Morgan fingerprint density at radius 3 is 2.48 bits per heavy atom. The summed E-state index contributed by atoms with van der Waals surface area (Å²) in [5.41, 5.74) is 4.91. The van der Waals surface area contributed by atoms with Gasteiger partial charge in [0.05, 0.1) is 5.02 Å². The minimum atomic E-state index is -1.07. The van der Waals surface area contributed by atoms with E-state index in [1.54, 1.807) is 20.8 Å². The van der Waals surface area contributed by atoms with Crippen LogP contribution in [0.1, 0.15) is 20.8 Å². The molecule has 9 heteroatoms. The van der Waals surface area contributed by atoms with E-state index in [0.29, 0.717) is 5.02 Å². The second-order valence-electron chi connectivity index (χ2n) is 5.67. The Morgan fingerprint density at radius 1 is 1.30 bits per heavy atom. The Hall–Kier alpha value is -2.19. The first-order chi connectivity index (χ1) is 10.6. The van der Waals surface area contributed by atoms with Crippen molar-refractivity contribution >= 4 is 35.2 Å². The van der Waals surface area contributed by atoms with E-state index in [2.05, 4.69) is 15.6 Å². The first-order valence-corrected chi connectivity index (χ1v) is 7.15. The maximum atomic E-state index is 11.7. The summed E-state index contributed by atoms with van der Waals surface area (Å²) in [4.78, 5) is 38.8. The molecular weight excluding hydrogens is 324 g/mol. The third kappa shape index (κ3) is 7.07. The van der Waals surface area contributed by atoms with Crippen LogP contribution < -0.4 is 16.4 Å². The highest BCUT2D eigenvalue weighted by atomic mass is 35.5. The van der Waals surface area contributed by atoms with Gasteiger partial charge in [0.25, 0.3) is 0 Å². The molecule has 1 atom stereocenters. The number of carbonyl (C=O) groups excluding carboxylic acids is 3. The summed E-state index contributed by atoms with van der Waals surface area (Å²) in [6.07, 6.45) is 1.33. The van der Waals surface area contributed by atoms with E-state index < -0.39 is 29.4 Å². The highest BCUT2D eigenvalue weighted by Crippen LogP contribution is 2.09. The number of nitrogens with one attached hydrogen (secondary N) is 2. The molecule has 23 heavy (non-hydrogen) atoms. The quantitative estimate of drug-likeness (QED) is 0.539. The van der Waals surface area contributed by atoms with Crippen LogP contribution in [0.2, 0.25) is 5.02 Å². The summed E-state index contributed by atoms with van der Waals surface area (Å²) < 4.78 is 5.06. The van der Waals surface area contributed by atoms with Crippen molar-refractivity contribution in [1.82, 2.24) is 10.3 Å². The predicted octanol–water partition coefficient (Wildman–Crippen LogP) is 0.459. The number of anilines is 1. The van der Waals surface area contributed by atoms with E-state index in [4.69, 9.17) is 22.1 Å². The largest absolute Gasteiger partial charge is 0.459 e. The minimum Gasteiger partial charge on any atom is -0.459 e. The molecule has 0 spiro atoms. The number of amides is 2. The fourth-order valence-electron chi connectivity index (χ4n) is 1.37. The van der Waals surface area contributed by atoms with Gasteiger partial charge in [-0.3, -0.25) is 14.4 Å². The number of rotatable bonds is 4. The Balaban J connectivity index is 2.45. The first kappa shape index (κ1) is 18.9. The Kier molecular flexibility index (Phi) is 6.47. The summed E-state index contributed by atoms with van der Waals surface area (Å²) in [5.74, 6) is -2.37. The zero-order valence-electron chi connectivity index (χ0n) is 13.1. The summed E-state index contributed by atoms with van der Waals surface area (Å²) in [5, 5.41) is 4.93. The Labute approximate surface area is 138 Å². The molecule has 0 saturated heterocycles. The number of pyridine rings is 1. The van der Waals surface area contributed by atoms with Gasteiger partial charge in [-0.15, -0.1) is 0 Å². The van der Waals surface area contributed by atoms with E-state index in [1.165, 1.54) is 18.3 Å². The third-order valence-corrected chi connectivity index (χ3v) is 2.59. The topological polar surface area (TPSA) is 123 Å². The molecule has 1 heterocycles. The van der Waals surface area contributed by atoms with E-state index in [1.807, 2.05) is 0 Å². The molecule has 1 aromatic heterocycles. The number of esters is 1. The standard InChI is InChI=1S/C14H19ClN4O4/c1-14(2,3)23-13(22)9(16)7-18-11(20)12(21)19-10-5-4-8(15)6-17-10/h4-6,9H,7,16H2,1-3H3,(H,18,20)(H,17,19,21)/t9-/m0/s1. The van der Waals surface area contributed by atoms with Crippen molar-refractivity contribution in [3.8, 4) is 0 Å². The zero-order chi connectivity index (χ0) is 17.6. The summed E-state index contributed by atoms with van der Waals surface area (Å²) in [6.45, 7) is 4.86. The van der Waals surface area contributed by atoms with Crippen molar-refractivity contribution < 1.29 is 19.1 Å². The molecule has 0 aliphatic heterocycles. The fourth-order valence-corrected chi connectivity index (χ4v) is 1.48. The second kappa shape index (κ2) is 7.89. The lowest BCUT2D eigenvalue weighted by Gasteiger charge is -2.22. The van der Waals surface area contributed by atoms with Crippen LogP contribution in [0.15, 0.2) is 18.3 Å². The van der Waals surface area contributed by atoms with Crippen LogP contribution >= 0.6 is 11.6 Å². The van der Waals surface area contributed by atoms with Gasteiger partial charge in [0.1, 0.15) is 17.5 Å². The number of ether oxygens (including phenoxy) is 1. The molecule has 0 radical (unpaired) electrons. The molecule has 0 aromatic carbocycles. The zero-order valence-corrected chi connectivity index (χ0v) is 13.8. The van der Waals surface area contributed by atoms with Crippen molar-refractivity contribution in [2.24, 2.45) is 5.73 Å². The van der Waals surface area contributed by atoms with Gasteiger partial charge in [0.15, 0.2) is 0 Å². The number of hydrogen-bond acceptors (Lipinski definition) is 6. The molecule has 0 aliphatic rings. The summed E-state index contributed by atoms with van der Waals surface area (Å²) in [6, 6.07) is 1.89. The lowest BCUT2D eigenvalue weighted by atomic mass is 10.2. The summed E-state index contributed by atoms with van der Waals surface area (Å²) in [7, 11) is 0. The van der Waals surface area contributed by atoms with Crippen molar-refractivity contribution in [1.29, 1.82) is 0 Å². The van der Waals surface area contributed by atoms with E-state index in [0.717, 1.165) is 0 Å². The molecule has 0 aliphatic carbocycles. The maximum Gasteiger partial charge on any atom is 0.325 e. The molecule has 1 aromatic rings. The number of hydrogen-bond donors (Lipinski definition) is 3. The van der Waals surface area contributed by atoms with E-state index >= 15 is 0 Å². The molecule has 0 unspecified atom stereocenters. The van der Waals surface area contributed by atoms with Gasteiger partial charge in [0, 0.05) is 12.7 Å². The van der Waals surface area contributed by atoms with Gasteiger partial charge in [-0.25, -0.2) is 4.98 Å².